The quantitative estimate of drug-likeness (QED) is 0.716. The summed E-state index contributed by atoms with van der Waals surface area (Å²) >= 11 is 0. The van der Waals surface area contributed by atoms with E-state index in [0.717, 1.165) is 18.8 Å². The van der Waals surface area contributed by atoms with Crippen LogP contribution in [0.15, 0.2) is 0 Å². The Morgan fingerprint density at radius 1 is 1.32 bits per heavy atom. The Morgan fingerprint density at radius 3 is 2.53 bits per heavy atom. The standard InChI is InChI=1S/C14H26N2O3/c1-9(2)12(13(17)18)16-14(19)15-8-11-6-4-5-10(3)7-11/h9-12H,4-8H2,1-3H3,(H,17,18)(H2,15,16,19). The highest BCUT2D eigenvalue weighted by molar-refractivity contribution is 5.82. The number of hydrogen-bond acceptors (Lipinski definition) is 2. The van der Waals surface area contributed by atoms with Crippen LogP contribution >= 0.6 is 0 Å². The summed E-state index contributed by atoms with van der Waals surface area (Å²) < 4.78 is 0. The Bertz CT molecular complexity index is 318. The lowest BCUT2D eigenvalue weighted by Gasteiger charge is -2.27. The first-order chi connectivity index (χ1) is 8.90. The zero-order valence-electron chi connectivity index (χ0n) is 12.1. The molecule has 0 bridgehead atoms. The first-order valence-electron chi connectivity index (χ1n) is 7.17. The number of urea groups is 1. The molecular formula is C14H26N2O3. The first-order valence-corrected chi connectivity index (χ1v) is 7.17. The van der Waals surface area contributed by atoms with Crippen LogP contribution < -0.4 is 10.6 Å². The highest BCUT2D eigenvalue weighted by Gasteiger charge is 2.24. The summed E-state index contributed by atoms with van der Waals surface area (Å²) in [6.07, 6.45) is 4.79. The van der Waals surface area contributed by atoms with Crippen molar-refractivity contribution in [2.24, 2.45) is 17.8 Å². The molecule has 1 aliphatic carbocycles. The van der Waals surface area contributed by atoms with E-state index in [2.05, 4.69) is 17.6 Å². The smallest absolute Gasteiger partial charge is 0.326 e. The predicted octanol–water partition coefficient (Wildman–Crippen LogP) is 2.22. The third kappa shape index (κ3) is 5.49. The molecule has 3 N–H and O–H groups in total. The minimum Gasteiger partial charge on any atom is -0.480 e. The molecule has 0 spiro atoms. The molecule has 3 atom stereocenters. The maximum Gasteiger partial charge on any atom is 0.326 e. The first kappa shape index (κ1) is 15.8. The van der Waals surface area contributed by atoms with E-state index < -0.39 is 12.0 Å². The van der Waals surface area contributed by atoms with E-state index in [0.29, 0.717) is 12.5 Å². The van der Waals surface area contributed by atoms with Gasteiger partial charge in [-0.25, -0.2) is 9.59 Å². The lowest BCUT2D eigenvalue weighted by atomic mass is 9.82. The Kier molecular flexibility index (Phi) is 6.12. The Hall–Kier alpha value is -1.26. The molecule has 0 aliphatic heterocycles. The molecule has 1 saturated carbocycles. The largest absolute Gasteiger partial charge is 0.480 e. The van der Waals surface area contributed by atoms with Crippen molar-refractivity contribution in [2.75, 3.05) is 6.54 Å². The highest BCUT2D eigenvalue weighted by atomic mass is 16.4. The van der Waals surface area contributed by atoms with Crippen molar-refractivity contribution in [2.45, 2.75) is 52.5 Å². The van der Waals surface area contributed by atoms with Crippen LogP contribution in [0.4, 0.5) is 4.79 Å². The van der Waals surface area contributed by atoms with E-state index in [1.54, 1.807) is 13.8 Å². The maximum atomic E-state index is 11.7. The fourth-order valence-corrected chi connectivity index (χ4v) is 2.69. The molecule has 1 rings (SSSR count). The van der Waals surface area contributed by atoms with Crippen LogP contribution in [-0.4, -0.2) is 29.7 Å². The fourth-order valence-electron chi connectivity index (χ4n) is 2.69. The van der Waals surface area contributed by atoms with Gasteiger partial charge in [0.15, 0.2) is 0 Å². The minimum absolute atomic E-state index is 0.127. The Labute approximate surface area is 115 Å². The molecule has 0 aromatic carbocycles. The molecule has 2 amide bonds. The van der Waals surface area contributed by atoms with Crippen LogP contribution in [0.25, 0.3) is 0 Å². The van der Waals surface area contributed by atoms with Crippen LogP contribution in [0.3, 0.4) is 0 Å². The fraction of sp³-hybridized carbons (Fsp3) is 0.857. The number of carboxylic acids is 1. The van der Waals surface area contributed by atoms with Gasteiger partial charge in [-0.05, 0) is 30.6 Å². The second-order valence-corrected chi connectivity index (χ2v) is 6.05. The summed E-state index contributed by atoms with van der Waals surface area (Å²) in [6, 6.07) is -1.20. The average molecular weight is 270 g/mol. The Balaban J connectivity index is 2.32. The summed E-state index contributed by atoms with van der Waals surface area (Å²) in [5, 5.41) is 14.3. The van der Waals surface area contributed by atoms with Gasteiger partial charge in [-0.15, -0.1) is 0 Å². The minimum atomic E-state index is -0.989. The van der Waals surface area contributed by atoms with Gasteiger partial charge in [0.05, 0.1) is 0 Å². The molecule has 0 aromatic rings. The SMILES string of the molecule is CC1CCCC(CNC(=O)NC(C(=O)O)C(C)C)C1. The summed E-state index contributed by atoms with van der Waals surface area (Å²) in [5.74, 6) is 0.136. The second-order valence-electron chi connectivity index (χ2n) is 6.05. The number of amides is 2. The predicted molar refractivity (Wildman–Crippen MR) is 73.9 cm³/mol. The average Bonchev–Trinajstić information content (AvgIpc) is 2.32. The van der Waals surface area contributed by atoms with Crippen molar-refractivity contribution < 1.29 is 14.7 Å². The van der Waals surface area contributed by atoms with Crippen molar-refractivity contribution in [3.05, 3.63) is 0 Å². The molecule has 0 saturated heterocycles. The summed E-state index contributed by atoms with van der Waals surface area (Å²) in [6.45, 7) is 6.44. The molecule has 3 unspecified atom stereocenters. The highest BCUT2D eigenvalue weighted by Crippen LogP contribution is 2.27. The molecule has 110 valence electrons. The summed E-state index contributed by atoms with van der Waals surface area (Å²) in [5.41, 5.74) is 0. The number of carboxylic acid groups (broad SMARTS) is 1. The summed E-state index contributed by atoms with van der Waals surface area (Å²) in [4.78, 5) is 22.7. The van der Waals surface area contributed by atoms with E-state index in [1.165, 1.54) is 12.8 Å². The summed E-state index contributed by atoms with van der Waals surface area (Å²) in [7, 11) is 0. The number of nitrogens with one attached hydrogen (secondary N) is 2. The van der Waals surface area contributed by atoms with E-state index in [9.17, 15) is 9.59 Å². The van der Waals surface area contributed by atoms with Gasteiger partial charge in [0.2, 0.25) is 0 Å². The van der Waals surface area contributed by atoms with Crippen molar-refractivity contribution in [3.63, 3.8) is 0 Å². The molecule has 5 nitrogen and oxygen atoms in total. The Morgan fingerprint density at radius 2 is 2.00 bits per heavy atom. The topological polar surface area (TPSA) is 78.4 Å². The third-order valence-electron chi connectivity index (χ3n) is 3.82. The van der Waals surface area contributed by atoms with E-state index >= 15 is 0 Å². The van der Waals surface area contributed by atoms with Gasteiger partial charge in [-0.1, -0.05) is 33.6 Å². The number of carbonyl (C=O) groups is 2. The number of rotatable bonds is 5. The van der Waals surface area contributed by atoms with E-state index in [4.69, 9.17) is 5.11 Å². The maximum absolute atomic E-state index is 11.7. The van der Waals surface area contributed by atoms with Crippen LogP contribution in [-0.2, 0) is 4.79 Å². The molecular weight excluding hydrogens is 244 g/mol. The molecule has 0 aromatic heterocycles. The van der Waals surface area contributed by atoms with Crippen LogP contribution in [0, 0.1) is 17.8 Å². The van der Waals surface area contributed by atoms with Gasteiger partial charge in [-0.3, -0.25) is 0 Å². The van der Waals surface area contributed by atoms with Gasteiger partial charge in [-0.2, -0.15) is 0 Å². The molecule has 1 fully saturated rings. The van der Waals surface area contributed by atoms with Crippen LogP contribution in [0.5, 0.6) is 0 Å². The number of aliphatic carboxylic acids is 1. The normalized spacial score (nSPS) is 24.8. The lowest BCUT2D eigenvalue weighted by molar-refractivity contribution is -0.140. The molecule has 0 heterocycles. The van der Waals surface area contributed by atoms with Gasteiger partial charge in [0.1, 0.15) is 6.04 Å². The van der Waals surface area contributed by atoms with E-state index in [1.807, 2.05) is 0 Å². The van der Waals surface area contributed by atoms with Crippen molar-refractivity contribution >= 4 is 12.0 Å². The van der Waals surface area contributed by atoms with Crippen molar-refractivity contribution in [1.29, 1.82) is 0 Å². The van der Waals surface area contributed by atoms with Gasteiger partial charge >= 0.3 is 12.0 Å². The third-order valence-corrected chi connectivity index (χ3v) is 3.82. The zero-order chi connectivity index (χ0) is 14.4. The van der Waals surface area contributed by atoms with E-state index in [-0.39, 0.29) is 11.9 Å². The lowest BCUT2D eigenvalue weighted by Crippen LogP contribution is -2.49. The number of hydrogen-bond donors (Lipinski definition) is 3. The monoisotopic (exact) mass is 270 g/mol. The molecule has 5 heteroatoms. The number of carbonyl (C=O) groups excluding carboxylic acids is 1. The van der Waals surface area contributed by atoms with Crippen LogP contribution in [0.2, 0.25) is 0 Å². The van der Waals surface area contributed by atoms with Gasteiger partial charge in [0, 0.05) is 6.54 Å². The van der Waals surface area contributed by atoms with Crippen LogP contribution in [0.1, 0.15) is 46.5 Å². The van der Waals surface area contributed by atoms with Gasteiger partial charge in [0.25, 0.3) is 0 Å². The second kappa shape index (κ2) is 7.36. The van der Waals surface area contributed by atoms with Crippen molar-refractivity contribution in [3.8, 4) is 0 Å². The zero-order valence-corrected chi connectivity index (χ0v) is 12.1. The molecule has 1 aliphatic rings. The van der Waals surface area contributed by atoms with Gasteiger partial charge < -0.3 is 15.7 Å². The molecule has 0 radical (unpaired) electrons. The molecule has 19 heavy (non-hydrogen) atoms. The van der Waals surface area contributed by atoms with Crippen molar-refractivity contribution in [1.82, 2.24) is 10.6 Å².